The number of aryl methyl sites for hydroxylation is 1. The van der Waals surface area contributed by atoms with Crippen LogP contribution in [0, 0.1) is 17.6 Å². The summed E-state index contributed by atoms with van der Waals surface area (Å²) in [4.78, 5) is 22.0. The van der Waals surface area contributed by atoms with Crippen LogP contribution in [0.3, 0.4) is 0 Å². The van der Waals surface area contributed by atoms with E-state index in [0.29, 0.717) is 44.0 Å². The fourth-order valence-corrected chi connectivity index (χ4v) is 3.39. The van der Waals surface area contributed by atoms with Gasteiger partial charge in [0.25, 0.3) is 0 Å². The SMILES string of the molecule is O=C(NCCc1cncnc1)N1CCC(CCc2ccc(F)cc2F)CC1. The summed E-state index contributed by atoms with van der Waals surface area (Å²) in [6.45, 7) is 1.96. The number of benzene rings is 1. The van der Waals surface area contributed by atoms with E-state index >= 15 is 0 Å². The lowest BCUT2D eigenvalue weighted by Gasteiger charge is -2.32. The molecule has 1 saturated heterocycles. The van der Waals surface area contributed by atoms with Crippen LogP contribution in [0.15, 0.2) is 36.9 Å². The Labute approximate surface area is 157 Å². The molecule has 0 spiro atoms. The zero-order valence-corrected chi connectivity index (χ0v) is 15.2. The molecule has 0 bridgehead atoms. The van der Waals surface area contributed by atoms with Gasteiger partial charge in [0.15, 0.2) is 0 Å². The number of piperidine rings is 1. The molecule has 0 unspecified atom stereocenters. The molecule has 1 aliphatic heterocycles. The van der Waals surface area contributed by atoms with Gasteiger partial charge in [0.2, 0.25) is 0 Å². The molecule has 0 atom stereocenters. The van der Waals surface area contributed by atoms with E-state index in [4.69, 9.17) is 0 Å². The molecule has 1 N–H and O–H groups in total. The summed E-state index contributed by atoms with van der Waals surface area (Å²) < 4.78 is 26.7. The summed E-state index contributed by atoms with van der Waals surface area (Å²) in [7, 11) is 0. The zero-order chi connectivity index (χ0) is 19.1. The lowest BCUT2D eigenvalue weighted by atomic mass is 9.90. The maximum atomic E-state index is 13.7. The van der Waals surface area contributed by atoms with Gasteiger partial charge in [-0.15, -0.1) is 0 Å². The molecular weight excluding hydrogens is 350 g/mol. The number of urea groups is 1. The smallest absolute Gasteiger partial charge is 0.317 e. The largest absolute Gasteiger partial charge is 0.338 e. The first kappa shape index (κ1) is 19.2. The van der Waals surface area contributed by atoms with Crippen LogP contribution in [0.25, 0.3) is 0 Å². The summed E-state index contributed by atoms with van der Waals surface area (Å²) in [5.41, 5.74) is 1.55. The number of nitrogens with one attached hydrogen (secondary N) is 1. The highest BCUT2D eigenvalue weighted by molar-refractivity contribution is 5.74. The maximum Gasteiger partial charge on any atom is 0.317 e. The third kappa shape index (κ3) is 5.70. The molecule has 1 aromatic carbocycles. The van der Waals surface area contributed by atoms with Gasteiger partial charge < -0.3 is 10.2 Å². The first-order chi connectivity index (χ1) is 13.1. The van der Waals surface area contributed by atoms with Gasteiger partial charge in [0.05, 0.1) is 0 Å². The second-order valence-corrected chi connectivity index (χ2v) is 6.93. The first-order valence-corrected chi connectivity index (χ1v) is 9.32. The van der Waals surface area contributed by atoms with E-state index < -0.39 is 11.6 Å². The van der Waals surface area contributed by atoms with Crippen molar-refractivity contribution >= 4 is 6.03 Å². The summed E-state index contributed by atoms with van der Waals surface area (Å²) in [6, 6.07) is 3.71. The Morgan fingerprint density at radius 2 is 1.89 bits per heavy atom. The normalized spacial score (nSPS) is 15.0. The zero-order valence-electron chi connectivity index (χ0n) is 15.2. The molecule has 2 heterocycles. The monoisotopic (exact) mass is 374 g/mol. The van der Waals surface area contributed by atoms with Gasteiger partial charge in [-0.25, -0.2) is 23.5 Å². The van der Waals surface area contributed by atoms with Gasteiger partial charge >= 0.3 is 6.03 Å². The summed E-state index contributed by atoms with van der Waals surface area (Å²) in [5.74, 6) is -0.564. The molecule has 5 nitrogen and oxygen atoms in total. The molecule has 0 saturated carbocycles. The Bertz CT molecular complexity index is 749. The van der Waals surface area contributed by atoms with Crippen molar-refractivity contribution in [3.8, 4) is 0 Å². The van der Waals surface area contributed by atoms with Crippen LogP contribution in [0.4, 0.5) is 13.6 Å². The van der Waals surface area contributed by atoms with E-state index in [1.165, 1.54) is 18.5 Å². The second kappa shape index (κ2) is 9.39. The second-order valence-electron chi connectivity index (χ2n) is 6.93. The van der Waals surface area contributed by atoms with Gasteiger partial charge in [-0.05, 0) is 55.2 Å². The van der Waals surface area contributed by atoms with Crippen molar-refractivity contribution in [1.29, 1.82) is 0 Å². The summed E-state index contributed by atoms with van der Waals surface area (Å²) in [5, 5.41) is 2.93. The molecular formula is C20H24F2N4O. The molecule has 1 aliphatic rings. The van der Waals surface area contributed by atoms with Crippen molar-refractivity contribution in [2.75, 3.05) is 19.6 Å². The van der Waals surface area contributed by atoms with Gasteiger partial charge in [-0.1, -0.05) is 6.07 Å². The predicted octanol–water partition coefficient (Wildman–Crippen LogP) is 3.35. The van der Waals surface area contributed by atoms with E-state index in [0.717, 1.165) is 30.9 Å². The third-order valence-corrected chi connectivity index (χ3v) is 5.04. The highest BCUT2D eigenvalue weighted by atomic mass is 19.1. The average Bonchev–Trinajstić information content (AvgIpc) is 2.68. The number of rotatable bonds is 6. The molecule has 2 amide bonds. The van der Waals surface area contributed by atoms with Crippen molar-refractivity contribution in [3.05, 3.63) is 59.7 Å². The van der Waals surface area contributed by atoms with Crippen molar-refractivity contribution < 1.29 is 13.6 Å². The highest BCUT2D eigenvalue weighted by Gasteiger charge is 2.22. The Morgan fingerprint density at radius 3 is 2.59 bits per heavy atom. The fourth-order valence-electron chi connectivity index (χ4n) is 3.39. The Morgan fingerprint density at radius 1 is 1.15 bits per heavy atom. The van der Waals surface area contributed by atoms with Crippen LogP contribution in [0.5, 0.6) is 0 Å². The topological polar surface area (TPSA) is 58.1 Å². The highest BCUT2D eigenvalue weighted by Crippen LogP contribution is 2.23. The lowest BCUT2D eigenvalue weighted by molar-refractivity contribution is 0.168. The van der Waals surface area contributed by atoms with Crippen LogP contribution in [-0.2, 0) is 12.8 Å². The minimum absolute atomic E-state index is 0.0464. The minimum Gasteiger partial charge on any atom is -0.338 e. The molecule has 1 fully saturated rings. The van der Waals surface area contributed by atoms with Gasteiger partial charge in [0, 0.05) is 38.1 Å². The Kier molecular flexibility index (Phi) is 6.68. The molecule has 0 aliphatic carbocycles. The predicted molar refractivity (Wildman–Crippen MR) is 98.1 cm³/mol. The van der Waals surface area contributed by atoms with Gasteiger partial charge in [-0.2, -0.15) is 0 Å². The van der Waals surface area contributed by atoms with E-state index in [9.17, 15) is 13.6 Å². The molecule has 144 valence electrons. The number of carbonyl (C=O) groups is 1. The molecule has 2 aromatic rings. The molecule has 0 radical (unpaired) electrons. The van der Waals surface area contributed by atoms with Crippen LogP contribution >= 0.6 is 0 Å². The van der Waals surface area contributed by atoms with Crippen molar-refractivity contribution in [2.24, 2.45) is 5.92 Å². The summed E-state index contributed by atoms with van der Waals surface area (Å²) in [6.07, 6.45) is 8.94. The van der Waals surface area contributed by atoms with Crippen molar-refractivity contribution in [3.63, 3.8) is 0 Å². The Balaban J connectivity index is 1.36. The quantitative estimate of drug-likeness (QED) is 0.844. The number of carbonyl (C=O) groups excluding carboxylic acids is 1. The Hall–Kier alpha value is -2.57. The molecule has 1 aromatic heterocycles. The van der Waals surface area contributed by atoms with E-state index in [2.05, 4.69) is 15.3 Å². The van der Waals surface area contributed by atoms with Crippen LogP contribution in [0.2, 0.25) is 0 Å². The van der Waals surface area contributed by atoms with Crippen LogP contribution < -0.4 is 5.32 Å². The molecule has 7 heteroatoms. The third-order valence-electron chi connectivity index (χ3n) is 5.04. The van der Waals surface area contributed by atoms with Crippen molar-refractivity contribution in [1.82, 2.24) is 20.2 Å². The van der Waals surface area contributed by atoms with Crippen LogP contribution in [-0.4, -0.2) is 40.5 Å². The standard InChI is InChI=1S/C20H24F2N4O/c21-18-4-3-17(19(22)11-18)2-1-15-6-9-26(10-7-15)20(27)25-8-5-16-12-23-14-24-13-16/h3-4,11-15H,1-2,5-10H2,(H,25,27). The number of nitrogens with zero attached hydrogens (tertiary/aromatic N) is 3. The number of aromatic nitrogens is 2. The number of likely N-dealkylation sites (tertiary alicyclic amines) is 1. The van der Waals surface area contributed by atoms with Crippen LogP contribution in [0.1, 0.15) is 30.4 Å². The van der Waals surface area contributed by atoms with Crippen molar-refractivity contribution in [2.45, 2.75) is 32.1 Å². The van der Waals surface area contributed by atoms with Gasteiger partial charge in [-0.3, -0.25) is 0 Å². The number of hydrogen-bond donors (Lipinski definition) is 1. The van der Waals surface area contributed by atoms with E-state index in [-0.39, 0.29) is 6.03 Å². The molecule has 27 heavy (non-hydrogen) atoms. The number of amides is 2. The minimum atomic E-state index is -0.546. The molecule has 3 rings (SSSR count). The van der Waals surface area contributed by atoms with E-state index in [1.54, 1.807) is 12.4 Å². The summed E-state index contributed by atoms with van der Waals surface area (Å²) >= 11 is 0. The maximum absolute atomic E-state index is 13.7. The van der Waals surface area contributed by atoms with E-state index in [1.807, 2.05) is 4.90 Å². The first-order valence-electron chi connectivity index (χ1n) is 9.32. The number of halogens is 2. The number of hydrogen-bond acceptors (Lipinski definition) is 3. The fraction of sp³-hybridized carbons (Fsp3) is 0.450. The van der Waals surface area contributed by atoms with Gasteiger partial charge in [0.1, 0.15) is 18.0 Å². The average molecular weight is 374 g/mol. The lowest BCUT2D eigenvalue weighted by Crippen LogP contribution is -2.45.